The molecule has 1 heterocycles. The first kappa shape index (κ1) is 16.0. The molecule has 1 saturated heterocycles. The van der Waals surface area contributed by atoms with Crippen LogP contribution in [0, 0.1) is 6.92 Å². The van der Waals surface area contributed by atoms with Gasteiger partial charge in [0.15, 0.2) is 0 Å². The summed E-state index contributed by atoms with van der Waals surface area (Å²) in [5, 5.41) is 2.40. The summed E-state index contributed by atoms with van der Waals surface area (Å²) in [6, 6.07) is 7.59. The number of benzene rings is 1. The molecule has 4 nitrogen and oxygen atoms in total. The first-order chi connectivity index (χ1) is 9.88. The van der Waals surface area contributed by atoms with Crippen molar-refractivity contribution in [3.63, 3.8) is 0 Å². The molecule has 1 aromatic rings. The van der Waals surface area contributed by atoms with E-state index in [4.69, 9.17) is 12.2 Å². The molecule has 0 bridgehead atoms. The van der Waals surface area contributed by atoms with Crippen molar-refractivity contribution < 1.29 is 9.59 Å². The highest BCUT2D eigenvalue weighted by atomic mass is 32.2. The molecule has 1 fully saturated rings. The number of thiocarbonyl (C=S) groups is 1. The van der Waals surface area contributed by atoms with Crippen LogP contribution in [0.2, 0.25) is 0 Å². The summed E-state index contributed by atoms with van der Waals surface area (Å²) in [6.07, 6.45) is 0.140. The van der Waals surface area contributed by atoms with E-state index in [-0.39, 0.29) is 24.3 Å². The largest absolute Gasteiger partial charge is 0.326 e. The van der Waals surface area contributed by atoms with Crippen molar-refractivity contribution in [1.29, 1.82) is 0 Å². The van der Waals surface area contributed by atoms with E-state index in [1.807, 2.05) is 45.0 Å². The third-order valence-electron chi connectivity index (χ3n) is 3.18. The van der Waals surface area contributed by atoms with Crippen LogP contribution in [-0.2, 0) is 9.59 Å². The Bertz CT molecular complexity index is 570. The summed E-state index contributed by atoms with van der Waals surface area (Å²) in [4.78, 5) is 25.9. The number of aryl methyl sites for hydroxylation is 1. The highest BCUT2D eigenvalue weighted by molar-refractivity contribution is 8.24. The molecule has 2 amide bonds. The Morgan fingerprint density at radius 1 is 1.38 bits per heavy atom. The van der Waals surface area contributed by atoms with E-state index in [9.17, 15) is 9.59 Å². The van der Waals surface area contributed by atoms with Crippen molar-refractivity contribution in [2.75, 3.05) is 5.32 Å². The van der Waals surface area contributed by atoms with Crippen molar-refractivity contribution >= 4 is 45.8 Å². The first-order valence-corrected chi connectivity index (χ1v) is 8.07. The summed E-state index contributed by atoms with van der Waals surface area (Å²) in [7, 11) is 0. The summed E-state index contributed by atoms with van der Waals surface area (Å²) >= 11 is 6.50. The first-order valence-electron chi connectivity index (χ1n) is 6.78. The molecule has 6 heteroatoms. The van der Waals surface area contributed by atoms with Crippen LogP contribution in [0.3, 0.4) is 0 Å². The lowest BCUT2D eigenvalue weighted by atomic mass is 10.2. The molecule has 1 aliphatic rings. The zero-order valence-corrected chi connectivity index (χ0v) is 13.9. The lowest BCUT2D eigenvalue weighted by Gasteiger charge is -2.19. The molecule has 1 unspecified atom stereocenters. The van der Waals surface area contributed by atoms with Gasteiger partial charge in [0, 0.05) is 18.2 Å². The Morgan fingerprint density at radius 2 is 2.00 bits per heavy atom. The highest BCUT2D eigenvalue weighted by Gasteiger charge is 2.39. The standard InChI is InChI=1S/C15H18N2O2S2/c1-9(2)17-14(19)12(21-15(17)20)8-13(18)16-11-6-4-10(3)5-7-11/h4-7,9,12H,8H2,1-3H3,(H,16,18). The van der Waals surface area contributed by atoms with Gasteiger partial charge < -0.3 is 5.32 Å². The number of anilines is 1. The minimum absolute atomic E-state index is 0.0302. The molecule has 1 aliphatic heterocycles. The molecule has 1 aromatic carbocycles. The van der Waals surface area contributed by atoms with Crippen LogP contribution in [0.15, 0.2) is 24.3 Å². The van der Waals surface area contributed by atoms with Gasteiger partial charge in [-0.2, -0.15) is 0 Å². The second-order valence-electron chi connectivity index (χ2n) is 5.29. The summed E-state index contributed by atoms with van der Waals surface area (Å²) in [5.41, 5.74) is 1.87. The number of nitrogens with zero attached hydrogens (tertiary/aromatic N) is 1. The van der Waals surface area contributed by atoms with Gasteiger partial charge in [-0.15, -0.1) is 0 Å². The number of carbonyl (C=O) groups excluding carboxylic acids is 2. The zero-order valence-electron chi connectivity index (χ0n) is 12.3. The quantitative estimate of drug-likeness (QED) is 0.866. The predicted octanol–water partition coefficient (Wildman–Crippen LogP) is 2.96. The highest BCUT2D eigenvalue weighted by Crippen LogP contribution is 2.31. The maximum Gasteiger partial charge on any atom is 0.242 e. The molecule has 1 atom stereocenters. The number of nitrogens with one attached hydrogen (secondary N) is 1. The Labute approximate surface area is 134 Å². The number of thioether (sulfide) groups is 1. The zero-order chi connectivity index (χ0) is 15.6. The second-order valence-corrected chi connectivity index (χ2v) is 7.13. The Balaban J connectivity index is 1.96. The van der Waals surface area contributed by atoms with E-state index in [0.717, 1.165) is 11.3 Å². The molecule has 0 radical (unpaired) electrons. The van der Waals surface area contributed by atoms with Crippen LogP contribution in [0.4, 0.5) is 5.69 Å². The molecule has 2 rings (SSSR count). The molecule has 0 spiro atoms. The van der Waals surface area contributed by atoms with Gasteiger partial charge in [-0.3, -0.25) is 14.5 Å². The van der Waals surface area contributed by atoms with Crippen LogP contribution in [0.5, 0.6) is 0 Å². The van der Waals surface area contributed by atoms with Crippen molar-refractivity contribution in [3.05, 3.63) is 29.8 Å². The van der Waals surface area contributed by atoms with Gasteiger partial charge in [0.2, 0.25) is 11.8 Å². The molecule has 1 N–H and O–H groups in total. The van der Waals surface area contributed by atoms with E-state index >= 15 is 0 Å². The van der Waals surface area contributed by atoms with Gasteiger partial charge in [-0.1, -0.05) is 41.7 Å². The van der Waals surface area contributed by atoms with Gasteiger partial charge in [0.05, 0.1) is 5.25 Å². The topological polar surface area (TPSA) is 49.4 Å². The van der Waals surface area contributed by atoms with E-state index in [2.05, 4.69) is 5.32 Å². The molecular weight excluding hydrogens is 304 g/mol. The smallest absolute Gasteiger partial charge is 0.242 e. The third-order valence-corrected chi connectivity index (χ3v) is 4.71. The number of rotatable bonds is 4. The fourth-order valence-corrected chi connectivity index (χ4v) is 3.84. The van der Waals surface area contributed by atoms with Crippen LogP contribution < -0.4 is 5.32 Å². The number of hydrogen-bond acceptors (Lipinski definition) is 4. The number of carbonyl (C=O) groups is 2. The average molecular weight is 322 g/mol. The van der Waals surface area contributed by atoms with Crippen LogP contribution in [0.1, 0.15) is 25.8 Å². The summed E-state index contributed by atoms with van der Waals surface area (Å²) in [6.45, 7) is 5.82. The van der Waals surface area contributed by atoms with Gasteiger partial charge in [0.1, 0.15) is 4.32 Å². The minimum Gasteiger partial charge on any atom is -0.326 e. The van der Waals surface area contributed by atoms with Gasteiger partial charge in [-0.25, -0.2) is 0 Å². The van der Waals surface area contributed by atoms with E-state index in [1.54, 1.807) is 4.90 Å². The summed E-state index contributed by atoms with van der Waals surface area (Å²) < 4.78 is 0.558. The van der Waals surface area contributed by atoms with Gasteiger partial charge in [-0.05, 0) is 32.9 Å². The monoisotopic (exact) mass is 322 g/mol. The molecular formula is C15H18N2O2S2. The van der Waals surface area contributed by atoms with Crippen LogP contribution in [0.25, 0.3) is 0 Å². The van der Waals surface area contributed by atoms with Crippen LogP contribution >= 0.6 is 24.0 Å². The third kappa shape index (κ3) is 3.83. The molecule has 0 aromatic heterocycles. The Hall–Kier alpha value is -1.40. The summed E-state index contributed by atoms with van der Waals surface area (Å²) in [5.74, 6) is -0.239. The normalized spacial score (nSPS) is 18.5. The molecule has 0 saturated carbocycles. The lowest BCUT2D eigenvalue weighted by Crippen LogP contribution is -2.37. The SMILES string of the molecule is Cc1ccc(NC(=O)CC2SC(=S)N(C(C)C)C2=O)cc1. The molecule has 112 valence electrons. The Morgan fingerprint density at radius 3 is 2.52 bits per heavy atom. The van der Waals surface area contributed by atoms with Crippen molar-refractivity contribution in [2.45, 2.75) is 38.5 Å². The van der Waals surface area contributed by atoms with Gasteiger partial charge >= 0.3 is 0 Å². The predicted molar refractivity (Wildman–Crippen MR) is 90.4 cm³/mol. The van der Waals surface area contributed by atoms with Crippen LogP contribution in [-0.4, -0.2) is 32.3 Å². The maximum absolute atomic E-state index is 12.2. The Kier molecular flexibility index (Phi) is 5.00. The van der Waals surface area contributed by atoms with Crippen molar-refractivity contribution in [3.8, 4) is 0 Å². The second kappa shape index (κ2) is 6.58. The van der Waals surface area contributed by atoms with E-state index in [0.29, 0.717) is 4.32 Å². The van der Waals surface area contributed by atoms with Crippen molar-refractivity contribution in [2.24, 2.45) is 0 Å². The maximum atomic E-state index is 12.2. The molecule has 21 heavy (non-hydrogen) atoms. The van der Waals surface area contributed by atoms with E-state index in [1.165, 1.54) is 11.8 Å². The van der Waals surface area contributed by atoms with Gasteiger partial charge in [0.25, 0.3) is 0 Å². The molecule has 0 aliphatic carbocycles. The fraction of sp³-hybridized carbons (Fsp3) is 0.400. The number of hydrogen-bond donors (Lipinski definition) is 1. The average Bonchev–Trinajstić information content (AvgIpc) is 2.67. The number of amides is 2. The van der Waals surface area contributed by atoms with E-state index < -0.39 is 5.25 Å². The fourth-order valence-electron chi connectivity index (χ4n) is 2.09. The van der Waals surface area contributed by atoms with Crippen molar-refractivity contribution in [1.82, 2.24) is 4.90 Å². The lowest BCUT2D eigenvalue weighted by molar-refractivity contribution is -0.129. The minimum atomic E-state index is -0.412.